The Morgan fingerprint density at radius 2 is 2.07 bits per heavy atom. The monoisotopic (exact) mass is 385 g/mol. The van der Waals surface area contributed by atoms with E-state index in [9.17, 15) is 9.59 Å². The van der Waals surface area contributed by atoms with Gasteiger partial charge in [-0.05, 0) is 45.2 Å². The molecule has 1 aliphatic rings. The number of nitrogens with one attached hydrogen (secondary N) is 1. The van der Waals surface area contributed by atoms with Crippen LogP contribution in [0.3, 0.4) is 0 Å². The van der Waals surface area contributed by atoms with Gasteiger partial charge < -0.3 is 19.5 Å². The zero-order valence-corrected chi connectivity index (χ0v) is 17.0. The van der Waals surface area contributed by atoms with Crippen molar-refractivity contribution in [3.8, 4) is 5.75 Å². The molecule has 0 saturated carbocycles. The van der Waals surface area contributed by atoms with Crippen LogP contribution in [-0.2, 0) is 4.79 Å². The van der Waals surface area contributed by atoms with Crippen molar-refractivity contribution in [2.24, 2.45) is 11.3 Å². The summed E-state index contributed by atoms with van der Waals surface area (Å²) in [6.07, 6.45) is 0.894. The highest BCUT2D eigenvalue weighted by atomic mass is 16.5. The quantitative estimate of drug-likeness (QED) is 0.840. The number of fused-ring (bicyclic) bond motifs is 1. The van der Waals surface area contributed by atoms with Gasteiger partial charge in [-0.25, -0.2) is 0 Å². The molecule has 1 aliphatic heterocycles. The predicted molar refractivity (Wildman–Crippen MR) is 107 cm³/mol. The first kappa shape index (κ1) is 19.9. The van der Waals surface area contributed by atoms with E-state index in [1.807, 2.05) is 19.9 Å². The van der Waals surface area contributed by atoms with Gasteiger partial charge in [-0.2, -0.15) is 0 Å². The molecule has 28 heavy (non-hydrogen) atoms. The number of hydrogen-bond acceptors (Lipinski definition) is 5. The fourth-order valence-corrected chi connectivity index (χ4v) is 3.00. The number of ether oxygens (including phenoxy) is 1. The lowest BCUT2D eigenvalue weighted by molar-refractivity contribution is -0.127. The predicted octanol–water partition coefficient (Wildman–Crippen LogP) is 4.03. The van der Waals surface area contributed by atoms with E-state index in [4.69, 9.17) is 9.26 Å². The maximum atomic E-state index is 13.0. The molecule has 1 aromatic heterocycles. The highest BCUT2D eigenvalue weighted by Crippen LogP contribution is 2.38. The summed E-state index contributed by atoms with van der Waals surface area (Å²) in [5.41, 5.74) is 0.882. The lowest BCUT2D eigenvalue weighted by atomic mass is 9.92. The minimum atomic E-state index is -0.627. The molecule has 0 radical (unpaired) electrons. The Morgan fingerprint density at radius 1 is 1.32 bits per heavy atom. The number of carbonyl (C=O) groups excluding carboxylic acids is 2. The molecule has 2 heterocycles. The number of aryl methyl sites for hydroxylation is 1. The van der Waals surface area contributed by atoms with E-state index in [1.165, 1.54) is 0 Å². The third kappa shape index (κ3) is 4.18. The summed E-state index contributed by atoms with van der Waals surface area (Å²) >= 11 is 0. The molecule has 0 atom stereocenters. The van der Waals surface area contributed by atoms with Gasteiger partial charge in [0.2, 0.25) is 5.91 Å². The Bertz CT molecular complexity index is 886. The third-order valence-corrected chi connectivity index (χ3v) is 4.71. The Balaban J connectivity index is 1.87. The Morgan fingerprint density at radius 3 is 2.71 bits per heavy atom. The molecule has 0 spiro atoms. The van der Waals surface area contributed by atoms with Crippen LogP contribution >= 0.6 is 0 Å². The molecular formula is C21H27N3O4. The Hall–Kier alpha value is -2.83. The van der Waals surface area contributed by atoms with Crippen LogP contribution in [0.25, 0.3) is 0 Å². The fraction of sp³-hybridized carbons (Fsp3) is 0.476. The summed E-state index contributed by atoms with van der Waals surface area (Å²) in [6.45, 7) is 10.7. The van der Waals surface area contributed by atoms with Crippen molar-refractivity contribution in [1.29, 1.82) is 0 Å². The second-order valence-corrected chi connectivity index (χ2v) is 8.27. The van der Waals surface area contributed by atoms with Gasteiger partial charge in [-0.3, -0.25) is 9.59 Å². The van der Waals surface area contributed by atoms with Gasteiger partial charge in [0.25, 0.3) is 5.91 Å². The van der Waals surface area contributed by atoms with Crippen LogP contribution in [0.2, 0.25) is 0 Å². The smallest absolute Gasteiger partial charge is 0.277 e. The minimum Gasteiger partial charge on any atom is -0.490 e. The van der Waals surface area contributed by atoms with Gasteiger partial charge in [0.1, 0.15) is 18.1 Å². The van der Waals surface area contributed by atoms with Crippen LogP contribution in [-0.4, -0.2) is 30.1 Å². The number of anilines is 2. The van der Waals surface area contributed by atoms with E-state index in [0.717, 1.165) is 12.1 Å². The number of aromatic nitrogens is 1. The van der Waals surface area contributed by atoms with E-state index in [1.54, 1.807) is 30.0 Å². The highest BCUT2D eigenvalue weighted by molar-refractivity contribution is 6.04. The maximum Gasteiger partial charge on any atom is 0.277 e. The van der Waals surface area contributed by atoms with Crippen molar-refractivity contribution in [2.45, 2.75) is 41.0 Å². The van der Waals surface area contributed by atoms with Crippen molar-refractivity contribution in [2.75, 3.05) is 23.4 Å². The van der Waals surface area contributed by atoms with Crippen molar-refractivity contribution in [3.63, 3.8) is 0 Å². The number of carbonyl (C=O) groups is 2. The molecule has 3 rings (SSSR count). The van der Waals surface area contributed by atoms with Gasteiger partial charge in [-0.1, -0.05) is 19.0 Å². The summed E-state index contributed by atoms with van der Waals surface area (Å²) in [7, 11) is 0. The van der Waals surface area contributed by atoms with Crippen molar-refractivity contribution >= 4 is 23.2 Å². The third-order valence-electron chi connectivity index (χ3n) is 4.71. The molecule has 7 nitrogen and oxygen atoms in total. The molecule has 2 amide bonds. The number of benzene rings is 1. The minimum absolute atomic E-state index is 0.0433. The molecule has 150 valence electrons. The normalized spacial score (nSPS) is 15.8. The summed E-state index contributed by atoms with van der Waals surface area (Å²) < 4.78 is 10.9. The zero-order chi connectivity index (χ0) is 20.5. The van der Waals surface area contributed by atoms with Crippen LogP contribution in [0, 0.1) is 18.3 Å². The van der Waals surface area contributed by atoms with Gasteiger partial charge in [0, 0.05) is 24.4 Å². The first-order valence-corrected chi connectivity index (χ1v) is 9.51. The number of rotatable bonds is 5. The van der Waals surface area contributed by atoms with Crippen LogP contribution in [0.4, 0.5) is 11.4 Å². The van der Waals surface area contributed by atoms with Crippen molar-refractivity contribution < 1.29 is 18.8 Å². The van der Waals surface area contributed by atoms with Crippen LogP contribution in [0.15, 0.2) is 28.8 Å². The fourth-order valence-electron chi connectivity index (χ4n) is 3.00. The second-order valence-electron chi connectivity index (χ2n) is 8.27. The number of nitrogens with zero attached hydrogens (tertiary/aromatic N) is 2. The van der Waals surface area contributed by atoms with Crippen molar-refractivity contribution in [1.82, 2.24) is 5.16 Å². The van der Waals surface area contributed by atoms with Crippen LogP contribution in [0.5, 0.6) is 5.75 Å². The van der Waals surface area contributed by atoms with E-state index >= 15 is 0 Å². The number of amides is 2. The molecule has 2 aromatic rings. The summed E-state index contributed by atoms with van der Waals surface area (Å²) in [5.74, 6) is 1.31. The van der Waals surface area contributed by atoms with Crippen LogP contribution < -0.4 is 15.0 Å². The highest BCUT2D eigenvalue weighted by Gasteiger charge is 2.37. The molecule has 0 fully saturated rings. The molecule has 1 aromatic carbocycles. The van der Waals surface area contributed by atoms with Crippen LogP contribution in [0.1, 0.15) is 50.4 Å². The summed E-state index contributed by atoms with van der Waals surface area (Å²) in [5, 5.41) is 6.52. The average molecular weight is 385 g/mol. The van der Waals surface area contributed by atoms with E-state index < -0.39 is 5.41 Å². The van der Waals surface area contributed by atoms with Gasteiger partial charge in [-0.15, -0.1) is 0 Å². The lowest BCUT2D eigenvalue weighted by Crippen LogP contribution is -2.42. The molecule has 0 saturated heterocycles. The summed E-state index contributed by atoms with van der Waals surface area (Å²) in [4.78, 5) is 27.2. The first-order valence-electron chi connectivity index (χ1n) is 9.51. The Labute approximate surface area is 165 Å². The van der Waals surface area contributed by atoms with Gasteiger partial charge in [0.15, 0.2) is 5.69 Å². The topological polar surface area (TPSA) is 84.7 Å². The standard InChI is InChI=1S/C21H27N3O4/c1-13(2)8-9-24-17-7-6-15(22-19(25)16-10-14(3)28-23-16)11-18(17)27-12-21(4,5)20(24)26/h6-7,10-11,13H,8-9,12H2,1-5H3,(H,22,25). The molecule has 0 bridgehead atoms. The van der Waals surface area contributed by atoms with Gasteiger partial charge >= 0.3 is 0 Å². The Kier molecular flexibility index (Phi) is 5.45. The molecule has 1 N–H and O–H groups in total. The molecule has 0 unspecified atom stereocenters. The number of hydrogen-bond donors (Lipinski definition) is 1. The SMILES string of the molecule is Cc1cc(C(=O)Nc2ccc3c(c2)OCC(C)(C)C(=O)N3CCC(C)C)no1. The summed E-state index contributed by atoms with van der Waals surface area (Å²) in [6, 6.07) is 6.90. The molecule has 0 aliphatic carbocycles. The van der Waals surface area contributed by atoms with Gasteiger partial charge in [0.05, 0.1) is 11.1 Å². The van der Waals surface area contributed by atoms with E-state index in [0.29, 0.717) is 29.7 Å². The van der Waals surface area contributed by atoms with Crippen molar-refractivity contribution in [3.05, 3.63) is 35.7 Å². The second kappa shape index (κ2) is 7.66. The largest absolute Gasteiger partial charge is 0.490 e. The average Bonchev–Trinajstić information content (AvgIpc) is 3.04. The lowest BCUT2D eigenvalue weighted by Gasteiger charge is -2.28. The van der Waals surface area contributed by atoms with E-state index in [-0.39, 0.29) is 24.1 Å². The maximum absolute atomic E-state index is 13.0. The molecule has 7 heteroatoms. The van der Waals surface area contributed by atoms with E-state index in [2.05, 4.69) is 24.3 Å². The first-order chi connectivity index (χ1) is 13.2. The molecular weight excluding hydrogens is 358 g/mol. The zero-order valence-electron chi connectivity index (χ0n) is 17.0.